The molecule has 0 saturated carbocycles. The van der Waals surface area contributed by atoms with Crippen LogP contribution in [0.25, 0.3) is 0 Å². The number of esters is 1. The first-order chi connectivity index (χ1) is 13.7. The van der Waals surface area contributed by atoms with E-state index < -0.39 is 12.6 Å². The third-order valence-electron chi connectivity index (χ3n) is 4.81. The average Bonchev–Trinajstić information content (AvgIpc) is 2.70. The minimum Gasteiger partial charge on any atom is -0.430 e. The van der Waals surface area contributed by atoms with Crippen LogP contribution in [0.3, 0.4) is 0 Å². The van der Waals surface area contributed by atoms with Crippen LogP contribution in [0.5, 0.6) is 0 Å². The maximum atomic E-state index is 11.9. The van der Waals surface area contributed by atoms with Gasteiger partial charge in [-0.25, -0.2) is 0 Å². The van der Waals surface area contributed by atoms with Gasteiger partial charge in [-0.3, -0.25) is 4.79 Å². The maximum Gasteiger partial charge on any atom is 0.308 e. The lowest BCUT2D eigenvalue weighted by Crippen LogP contribution is -2.35. The van der Waals surface area contributed by atoms with Gasteiger partial charge in [-0.2, -0.15) is 0 Å². The van der Waals surface area contributed by atoms with Crippen molar-refractivity contribution in [3.63, 3.8) is 0 Å². The molecule has 28 heavy (non-hydrogen) atoms. The van der Waals surface area contributed by atoms with Gasteiger partial charge in [0.15, 0.2) is 0 Å². The maximum absolute atomic E-state index is 11.9. The molecule has 0 rings (SSSR count). The van der Waals surface area contributed by atoms with Crippen LogP contribution in [-0.2, 0) is 23.7 Å². The summed E-state index contributed by atoms with van der Waals surface area (Å²) in [4.78, 5) is 11.9. The predicted molar refractivity (Wildman–Crippen MR) is 114 cm³/mol. The fourth-order valence-electron chi connectivity index (χ4n) is 3.06. The number of allylic oxidation sites excluding steroid dienone is 2. The van der Waals surface area contributed by atoms with Gasteiger partial charge in [0.25, 0.3) is 6.29 Å². The van der Waals surface area contributed by atoms with Gasteiger partial charge in [0.05, 0.1) is 0 Å². The fraction of sp³-hybridized carbons (Fsp3) is 0.870. The highest BCUT2D eigenvalue weighted by atomic mass is 16.8. The second-order valence-electron chi connectivity index (χ2n) is 7.27. The topological polar surface area (TPSA) is 54.0 Å². The highest BCUT2D eigenvalue weighted by Crippen LogP contribution is 2.12. The Kier molecular flexibility index (Phi) is 20.1. The van der Waals surface area contributed by atoms with E-state index in [0.29, 0.717) is 6.42 Å². The zero-order chi connectivity index (χ0) is 20.9. The summed E-state index contributed by atoms with van der Waals surface area (Å²) >= 11 is 0. The molecule has 0 aromatic heterocycles. The monoisotopic (exact) mass is 400 g/mol. The molecular weight excluding hydrogens is 356 g/mol. The Balaban J connectivity index is 3.49. The van der Waals surface area contributed by atoms with E-state index >= 15 is 0 Å². The number of hydrogen-bond donors (Lipinski definition) is 0. The first-order valence-corrected chi connectivity index (χ1v) is 11.1. The Bertz CT molecular complexity index is 366. The van der Waals surface area contributed by atoms with Crippen molar-refractivity contribution < 1.29 is 23.7 Å². The van der Waals surface area contributed by atoms with Crippen molar-refractivity contribution in [2.24, 2.45) is 0 Å². The van der Waals surface area contributed by atoms with Gasteiger partial charge in [-0.1, -0.05) is 70.4 Å². The summed E-state index contributed by atoms with van der Waals surface area (Å²) in [5.41, 5.74) is 0. The summed E-state index contributed by atoms with van der Waals surface area (Å²) in [5.74, 6) is -0.274. The molecule has 0 aliphatic rings. The van der Waals surface area contributed by atoms with Crippen LogP contribution in [0, 0.1) is 0 Å². The second-order valence-corrected chi connectivity index (χ2v) is 7.27. The Hall–Kier alpha value is -0.910. The number of unbranched alkanes of at least 4 members (excludes halogenated alkanes) is 11. The number of carbonyl (C=O) groups is 1. The van der Waals surface area contributed by atoms with Crippen molar-refractivity contribution in [3.8, 4) is 0 Å². The molecule has 0 bridgehead atoms. The number of carbonyl (C=O) groups excluding carboxylic acids is 1. The molecule has 0 saturated heterocycles. The number of methoxy groups -OCH3 is 3. The molecule has 0 aliphatic carbocycles. The smallest absolute Gasteiger partial charge is 0.308 e. The minimum absolute atomic E-state index is 0.274. The highest BCUT2D eigenvalue weighted by molar-refractivity contribution is 5.69. The Labute approximate surface area is 173 Å². The molecule has 5 heteroatoms. The lowest BCUT2D eigenvalue weighted by atomic mass is 10.1. The molecule has 1 atom stereocenters. The van der Waals surface area contributed by atoms with Crippen LogP contribution >= 0.6 is 0 Å². The molecule has 5 nitrogen and oxygen atoms in total. The minimum atomic E-state index is -0.828. The van der Waals surface area contributed by atoms with E-state index in [-0.39, 0.29) is 5.97 Å². The van der Waals surface area contributed by atoms with E-state index in [1.165, 1.54) is 85.5 Å². The largest absolute Gasteiger partial charge is 0.430 e. The van der Waals surface area contributed by atoms with Crippen molar-refractivity contribution in [1.29, 1.82) is 0 Å². The van der Waals surface area contributed by atoms with Crippen LogP contribution < -0.4 is 0 Å². The van der Waals surface area contributed by atoms with Gasteiger partial charge < -0.3 is 18.9 Å². The Morgan fingerprint density at radius 1 is 0.679 bits per heavy atom. The lowest BCUT2D eigenvalue weighted by Gasteiger charge is -2.23. The van der Waals surface area contributed by atoms with Crippen molar-refractivity contribution >= 4 is 5.97 Å². The number of ether oxygens (including phenoxy) is 4. The fourth-order valence-corrected chi connectivity index (χ4v) is 3.06. The zero-order valence-corrected chi connectivity index (χ0v) is 18.8. The van der Waals surface area contributed by atoms with Crippen molar-refractivity contribution in [2.45, 2.75) is 109 Å². The van der Waals surface area contributed by atoms with Crippen LogP contribution in [0.4, 0.5) is 0 Å². The number of rotatable bonds is 20. The molecule has 0 amide bonds. The normalized spacial score (nSPS) is 12.8. The third kappa shape index (κ3) is 16.1. The van der Waals surface area contributed by atoms with E-state index in [1.807, 2.05) is 0 Å². The van der Waals surface area contributed by atoms with E-state index in [2.05, 4.69) is 19.1 Å². The molecule has 0 aromatic carbocycles. The Morgan fingerprint density at radius 3 is 1.64 bits per heavy atom. The van der Waals surface area contributed by atoms with E-state index in [9.17, 15) is 4.79 Å². The summed E-state index contributed by atoms with van der Waals surface area (Å²) in [6.45, 7) is 2.26. The second kappa shape index (κ2) is 20.8. The van der Waals surface area contributed by atoms with Crippen molar-refractivity contribution in [3.05, 3.63) is 12.2 Å². The van der Waals surface area contributed by atoms with Crippen LogP contribution in [0.2, 0.25) is 0 Å². The molecule has 0 radical (unpaired) electrons. The van der Waals surface area contributed by atoms with Gasteiger partial charge in [0, 0.05) is 27.8 Å². The first-order valence-electron chi connectivity index (χ1n) is 11.1. The lowest BCUT2D eigenvalue weighted by molar-refractivity contribution is -0.256. The van der Waals surface area contributed by atoms with Crippen LogP contribution in [0.1, 0.15) is 96.8 Å². The molecule has 0 fully saturated rings. The SMILES string of the molecule is CCCCCCCCC=CCCCCCCCC(=O)OC(OC)C(OC)OC. The zero-order valence-electron chi connectivity index (χ0n) is 18.8. The summed E-state index contributed by atoms with van der Waals surface area (Å²) in [6, 6.07) is 0. The summed E-state index contributed by atoms with van der Waals surface area (Å²) in [6.07, 6.45) is 19.6. The van der Waals surface area contributed by atoms with Gasteiger partial charge in [0.1, 0.15) is 0 Å². The molecule has 0 spiro atoms. The molecule has 1 unspecified atom stereocenters. The third-order valence-corrected chi connectivity index (χ3v) is 4.81. The van der Waals surface area contributed by atoms with E-state index in [1.54, 1.807) is 0 Å². The predicted octanol–water partition coefficient (Wildman–Crippen LogP) is 6.16. The average molecular weight is 401 g/mol. The van der Waals surface area contributed by atoms with Crippen LogP contribution in [0.15, 0.2) is 12.2 Å². The number of hydrogen-bond acceptors (Lipinski definition) is 5. The highest BCUT2D eigenvalue weighted by Gasteiger charge is 2.24. The molecule has 0 heterocycles. The molecule has 0 aliphatic heterocycles. The molecule has 0 N–H and O–H groups in total. The summed E-state index contributed by atoms with van der Waals surface area (Å²) < 4.78 is 20.4. The van der Waals surface area contributed by atoms with Gasteiger partial charge in [0.2, 0.25) is 6.29 Å². The van der Waals surface area contributed by atoms with E-state index in [0.717, 1.165) is 19.3 Å². The first kappa shape index (κ1) is 27.1. The van der Waals surface area contributed by atoms with Crippen LogP contribution in [-0.4, -0.2) is 39.9 Å². The van der Waals surface area contributed by atoms with Gasteiger partial charge in [-0.05, 0) is 32.1 Å². The summed E-state index contributed by atoms with van der Waals surface area (Å²) in [7, 11) is 4.43. The van der Waals surface area contributed by atoms with Crippen molar-refractivity contribution in [1.82, 2.24) is 0 Å². The molecular formula is C23H44O5. The molecule has 166 valence electrons. The summed E-state index contributed by atoms with van der Waals surface area (Å²) in [5, 5.41) is 0. The van der Waals surface area contributed by atoms with Gasteiger partial charge >= 0.3 is 5.97 Å². The standard InChI is InChI=1S/C23H44O5/c1-5-6-7-8-9-10-11-12-13-14-15-16-17-18-19-20-21(24)28-23(27-4)22(25-2)26-3/h12-13,22-23H,5-11,14-20H2,1-4H3. The van der Waals surface area contributed by atoms with Gasteiger partial charge in [-0.15, -0.1) is 0 Å². The molecule has 0 aromatic rings. The quantitative estimate of drug-likeness (QED) is 0.106. The van der Waals surface area contributed by atoms with Crippen molar-refractivity contribution in [2.75, 3.05) is 21.3 Å². The van der Waals surface area contributed by atoms with E-state index in [4.69, 9.17) is 18.9 Å². The Morgan fingerprint density at radius 2 is 1.14 bits per heavy atom.